The molecular weight excluding hydrogens is 254 g/mol. The quantitative estimate of drug-likeness (QED) is 0.896. The molecule has 0 radical (unpaired) electrons. The Morgan fingerprint density at radius 1 is 1.40 bits per heavy atom. The first kappa shape index (κ1) is 14.9. The maximum Gasteiger partial charge on any atom is 0.260 e. The van der Waals surface area contributed by atoms with Gasteiger partial charge in [-0.25, -0.2) is 0 Å². The summed E-state index contributed by atoms with van der Waals surface area (Å²) in [7, 11) is 0. The van der Waals surface area contributed by atoms with Crippen molar-refractivity contribution < 1.29 is 14.6 Å². The van der Waals surface area contributed by atoms with Crippen molar-refractivity contribution in [2.24, 2.45) is 0 Å². The highest BCUT2D eigenvalue weighted by Gasteiger charge is 2.42. The van der Waals surface area contributed by atoms with Crippen LogP contribution in [-0.2, 0) is 4.79 Å². The molecule has 1 fully saturated rings. The largest absolute Gasteiger partial charge is 0.483 e. The second kappa shape index (κ2) is 5.83. The number of likely N-dealkylation sites (tertiary alicyclic amines) is 1. The summed E-state index contributed by atoms with van der Waals surface area (Å²) in [6.07, 6.45) is 1.67. The summed E-state index contributed by atoms with van der Waals surface area (Å²) in [6.45, 7) is 6.92. The SMILES string of the molecule is CCCC1(O)CN(C(=O)COc2cccc(C)c2C)C1. The zero-order valence-corrected chi connectivity index (χ0v) is 12.5. The molecule has 0 unspecified atom stereocenters. The molecule has 0 saturated carbocycles. The zero-order valence-electron chi connectivity index (χ0n) is 12.5. The van der Waals surface area contributed by atoms with Crippen molar-refractivity contribution in [3.63, 3.8) is 0 Å². The standard InChI is InChI=1S/C16H23NO3/c1-4-8-16(19)10-17(11-16)15(18)9-20-14-7-5-6-12(2)13(14)3/h5-7,19H,4,8-11H2,1-3H3. The molecule has 0 aliphatic carbocycles. The number of aryl methyl sites for hydroxylation is 1. The van der Waals surface area contributed by atoms with Gasteiger partial charge >= 0.3 is 0 Å². The minimum absolute atomic E-state index is 0.0342. The van der Waals surface area contributed by atoms with Crippen LogP contribution in [0.4, 0.5) is 0 Å². The van der Waals surface area contributed by atoms with Crippen LogP contribution < -0.4 is 4.74 Å². The zero-order chi connectivity index (χ0) is 14.8. The first-order chi connectivity index (χ1) is 9.45. The Labute approximate surface area is 120 Å². The molecule has 0 bridgehead atoms. The lowest BCUT2D eigenvalue weighted by Gasteiger charge is -2.46. The number of benzene rings is 1. The van der Waals surface area contributed by atoms with E-state index in [9.17, 15) is 9.90 Å². The Morgan fingerprint density at radius 2 is 2.10 bits per heavy atom. The van der Waals surface area contributed by atoms with Gasteiger partial charge in [-0.15, -0.1) is 0 Å². The Hall–Kier alpha value is -1.55. The Bertz CT molecular complexity index is 492. The van der Waals surface area contributed by atoms with E-state index in [1.54, 1.807) is 4.90 Å². The van der Waals surface area contributed by atoms with E-state index in [0.717, 1.165) is 29.7 Å². The fraction of sp³-hybridized carbons (Fsp3) is 0.562. The lowest BCUT2D eigenvalue weighted by atomic mass is 9.89. The molecule has 1 aliphatic rings. The van der Waals surface area contributed by atoms with Gasteiger partial charge in [-0.05, 0) is 37.5 Å². The maximum absolute atomic E-state index is 12.0. The molecule has 1 amide bonds. The molecule has 2 rings (SSSR count). The molecule has 1 heterocycles. The molecule has 0 spiro atoms. The van der Waals surface area contributed by atoms with Gasteiger partial charge in [0.15, 0.2) is 6.61 Å². The van der Waals surface area contributed by atoms with Crippen LogP contribution in [0.1, 0.15) is 30.9 Å². The van der Waals surface area contributed by atoms with Crippen LogP contribution in [0.3, 0.4) is 0 Å². The molecule has 4 heteroatoms. The number of ether oxygens (including phenoxy) is 1. The van der Waals surface area contributed by atoms with E-state index in [-0.39, 0.29) is 12.5 Å². The van der Waals surface area contributed by atoms with Gasteiger partial charge in [0.05, 0.1) is 18.7 Å². The number of carbonyl (C=O) groups is 1. The Kier molecular flexibility index (Phi) is 4.33. The molecule has 110 valence electrons. The van der Waals surface area contributed by atoms with Gasteiger partial charge in [-0.1, -0.05) is 25.5 Å². The number of amides is 1. The van der Waals surface area contributed by atoms with Crippen LogP contribution in [0, 0.1) is 13.8 Å². The Balaban J connectivity index is 1.84. The van der Waals surface area contributed by atoms with E-state index >= 15 is 0 Å². The van der Waals surface area contributed by atoms with Gasteiger partial charge in [-0.3, -0.25) is 4.79 Å². The number of hydrogen-bond acceptors (Lipinski definition) is 3. The second-order valence-corrected chi connectivity index (χ2v) is 5.71. The third kappa shape index (κ3) is 3.12. The van der Waals surface area contributed by atoms with Crippen molar-refractivity contribution in [2.45, 2.75) is 39.2 Å². The number of rotatable bonds is 5. The predicted molar refractivity (Wildman–Crippen MR) is 77.8 cm³/mol. The highest BCUT2D eigenvalue weighted by Crippen LogP contribution is 2.26. The van der Waals surface area contributed by atoms with Crippen molar-refractivity contribution in [3.8, 4) is 5.75 Å². The average Bonchev–Trinajstić information content (AvgIpc) is 2.37. The van der Waals surface area contributed by atoms with Crippen molar-refractivity contribution in [3.05, 3.63) is 29.3 Å². The molecule has 20 heavy (non-hydrogen) atoms. The molecular formula is C16H23NO3. The van der Waals surface area contributed by atoms with Crippen LogP contribution in [0.2, 0.25) is 0 Å². The van der Waals surface area contributed by atoms with Crippen LogP contribution >= 0.6 is 0 Å². The third-order valence-corrected chi connectivity index (χ3v) is 3.94. The van der Waals surface area contributed by atoms with Gasteiger partial charge in [0.25, 0.3) is 5.91 Å². The van der Waals surface area contributed by atoms with Crippen molar-refractivity contribution >= 4 is 5.91 Å². The van der Waals surface area contributed by atoms with Gasteiger partial charge in [-0.2, -0.15) is 0 Å². The number of carbonyl (C=O) groups excluding carboxylic acids is 1. The molecule has 1 N–H and O–H groups in total. The first-order valence-corrected chi connectivity index (χ1v) is 7.14. The molecule has 1 aliphatic heterocycles. The van der Waals surface area contributed by atoms with E-state index in [0.29, 0.717) is 13.1 Å². The molecule has 0 aromatic heterocycles. The summed E-state index contributed by atoms with van der Waals surface area (Å²) >= 11 is 0. The Morgan fingerprint density at radius 3 is 2.75 bits per heavy atom. The van der Waals surface area contributed by atoms with Crippen molar-refractivity contribution in [2.75, 3.05) is 19.7 Å². The molecule has 4 nitrogen and oxygen atoms in total. The summed E-state index contributed by atoms with van der Waals surface area (Å²) in [5.41, 5.74) is 1.53. The number of hydrogen-bond donors (Lipinski definition) is 1. The molecule has 1 aromatic rings. The van der Waals surface area contributed by atoms with E-state index < -0.39 is 5.60 Å². The van der Waals surface area contributed by atoms with Crippen LogP contribution in [0.15, 0.2) is 18.2 Å². The van der Waals surface area contributed by atoms with E-state index in [1.807, 2.05) is 39.0 Å². The smallest absolute Gasteiger partial charge is 0.260 e. The first-order valence-electron chi connectivity index (χ1n) is 7.14. The lowest BCUT2D eigenvalue weighted by molar-refractivity contribution is -0.158. The molecule has 1 saturated heterocycles. The predicted octanol–water partition coefficient (Wildman–Crippen LogP) is 2.06. The lowest BCUT2D eigenvalue weighted by Crippen LogP contribution is -2.64. The van der Waals surface area contributed by atoms with Gasteiger partial charge in [0, 0.05) is 0 Å². The molecule has 0 atom stereocenters. The number of nitrogens with zero attached hydrogens (tertiary/aromatic N) is 1. The number of β-amino-alcohol motifs (C(OH)–C–C–N with tert-alkyl or cyclic N) is 1. The molecule has 1 aromatic carbocycles. The van der Waals surface area contributed by atoms with E-state index in [1.165, 1.54) is 0 Å². The summed E-state index contributed by atoms with van der Waals surface area (Å²) in [5.74, 6) is 0.689. The number of aliphatic hydroxyl groups is 1. The van der Waals surface area contributed by atoms with Crippen LogP contribution in [0.5, 0.6) is 5.75 Å². The highest BCUT2D eigenvalue weighted by molar-refractivity contribution is 5.79. The monoisotopic (exact) mass is 277 g/mol. The average molecular weight is 277 g/mol. The topological polar surface area (TPSA) is 49.8 Å². The van der Waals surface area contributed by atoms with Crippen LogP contribution in [-0.4, -0.2) is 41.2 Å². The van der Waals surface area contributed by atoms with E-state index in [2.05, 4.69) is 0 Å². The summed E-state index contributed by atoms with van der Waals surface area (Å²) in [4.78, 5) is 13.6. The second-order valence-electron chi connectivity index (χ2n) is 5.71. The minimum Gasteiger partial charge on any atom is -0.483 e. The highest BCUT2D eigenvalue weighted by atomic mass is 16.5. The summed E-state index contributed by atoms with van der Waals surface area (Å²) in [6, 6.07) is 5.81. The van der Waals surface area contributed by atoms with Crippen LogP contribution in [0.25, 0.3) is 0 Å². The van der Waals surface area contributed by atoms with Gasteiger partial charge < -0.3 is 14.7 Å². The van der Waals surface area contributed by atoms with Gasteiger partial charge in [0.2, 0.25) is 0 Å². The fourth-order valence-corrected chi connectivity index (χ4v) is 2.58. The van der Waals surface area contributed by atoms with Crippen molar-refractivity contribution in [1.29, 1.82) is 0 Å². The maximum atomic E-state index is 12.0. The summed E-state index contributed by atoms with van der Waals surface area (Å²) in [5, 5.41) is 10.1. The van der Waals surface area contributed by atoms with Crippen molar-refractivity contribution in [1.82, 2.24) is 4.90 Å². The fourth-order valence-electron chi connectivity index (χ4n) is 2.58. The third-order valence-electron chi connectivity index (χ3n) is 3.94. The van der Waals surface area contributed by atoms with Gasteiger partial charge in [0.1, 0.15) is 5.75 Å². The minimum atomic E-state index is -0.677. The van der Waals surface area contributed by atoms with E-state index in [4.69, 9.17) is 4.74 Å². The summed E-state index contributed by atoms with van der Waals surface area (Å²) < 4.78 is 5.59. The normalized spacial score (nSPS) is 16.7.